The van der Waals surface area contributed by atoms with Crippen LogP contribution in [0.5, 0.6) is 0 Å². The summed E-state index contributed by atoms with van der Waals surface area (Å²) in [6.45, 7) is 7.97. The molecule has 0 N–H and O–H groups in total. The maximum Gasteiger partial charge on any atom is -0.0328 e. The topological polar surface area (TPSA) is 0 Å². The SMILES string of the molecule is C.C.C=C(C)CCC. The van der Waals surface area contributed by atoms with Gasteiger partial charge in [-0.05, 0) is 13.3 Å². The standard InChI is InChI=1S/C6H12.2CH4/c1-4-5-6(2)3;;/h2,4-5H2,1,3H3;2*1H4. The van der Waals surface area contributed by atoms with Gasteiger partial charge in [0.25, 0.3) is 0 Å². The molecule has 0 atom stereocenters. The Morgan fingerprint density at radius 3 is 1.75 bits per heavy atom. The van der Waals surface area contributed by atoms with Gasteiger partial charge in [0.2, 0.25) is 0 Å². The summed E-state index contributed by atoms with van der Waals surface area (Å²) in [4.78, 5) is 0. The molecule has 8 heavy (non-hydrogen) atoms. The highest BCUT2D eigenvalue weighted by atomic mass is 13.8. The lowest BCUT2D eigenvalue weighted by molar-refractivity contribution is 0.910. The second-order valence-corrected chi connectivity index (χ2v) is 1.71. The number of hydrogen-bond acceptors (Lipinski definition) is 0. The molecule has 0 radical (unpaired) electrons. The Morgan fingerprint density at radius 2 is 1.75 bits per heavy atom. The van der Waals surface area contributed by atoms with E-state index in [-0.39, 0.29) is 14.9 Å². The third kappa shape index (κ3) is 17.2. The van der Waals surface area contributed by atoms with E-state index >= 15 is 0 Å². The van der Waals surface area contributed by atoms with Crippen LogP contribution in [-0.4, -0.2) is 0 Å². The molecule has 0 spiro atoms. The van der Waals surface area contributed by atoms with E-state index < -0.39 is 0 Å². The molecule has 0 aromatic rings. The first-order valence-corrected chi connectivity index (χ1v) is 2.41. The van der Waals surface area contributed by atoms with E-state index in [1.807, 2.05) is 0 Å². The average Bonchev–Trinajstić information content (AvgIpc) is 1.35. The van der Waals surface area contributed by atoms with Crippen LogP contribution < -0.4 is 0 Å². The predicted molar refractivity (Wildman–Crippen MR) is 43.2 cm³/mol. The zero-order valence-electron chi connectivity index (χ0n) is 4.62. The lowest BCUT2D eigenvalue weighted by Gasteiger charge is -1.87. The van der Waals surface area contributed by atoms with Crippen molar-refractivity contribution >= 4 is 0 Å². The van der Waals surface area contributed by atoms with E-state index in [0.717, 1.165) is 0 Å². The molecule has 0 saturated carbocycles. The minimum Gasteiger partial charge on any atom is -0.100 e. The molecule has 0 heteroatoms. The van der Waals surface area contributed by atoms with Gasteiger partial charge in [-0.15, -0.1) is 6.58 Å². The summed E-state index contributed by atoms with van der Waals surface area (Å²) in [5.74, 6) is 0. The third-order valence-corrected chi connectivity index (χ3v) is 0.677. The van der Waals surface area contributed by atoms with Crippen LogP contribution in [0.1, 0.15) is 41.5 Å². The summed E-state index contributed by atoms with van der Waals surface area (Å²) in [5, 5.41) is 0. The van der Waals surface area contributed by atoms with Crippen LogP contribution in [0.4, 0.5) is 0 Å². The summed E-state index contributed by atoms with van der Waals surface area (Å²) in [7, 11) is 0. The van der Waals surface area contributed by atoms with Gasteiger partial charge in [-0.3, -0.25) is 0 Å². The van der Waals surface area contributed by atoms with E-state index in [1.54, 1.807) is 0 Å². The number of rotatable bonds is 2. The summed E-state index contributed by atoms with van der Waals surface area (Å²) < 4.78 is 0. The van der Waals surface area contributed by atoms with Crippen molar-refractivity contribution in [3.63, 3.8) is 0 Å². The first-order chi connectivity index (χ1) is 2.77. The number of allylic oxidation sites excluding steroid dienone is 1. The Hall–Kier alpha value is -0.260. The fourth-order valence-electron chi connectivity index (χ4n) is 0.427. The smallest absolute Gasteiger partial charge is 0.0328 e. The molecule has 0 heterocycles. The highest BCUT2D eigenvalue weighted by molar-refractivity contribution is 4.86. The van der Waals surface area contributed by atoms with Crippen LogP contribution >= 0.6 is 0 Å². The van der Waals surface area contributed by atoms with E-state index in [0.29, 0.717) is 0 Å². The molecule has 0 unspecified atom stereocenters. The Balaban J connectivity index is -0.000000125. The van der Waals surface area contributed by atoms with E-state index in [2.05, 4.69) is 20.4 Å². The molecular weight excluding hydrogens is 96.1 g/mol. The molecule has 52 valence electrons. The van der Waals surface area contributed by atoms with E-state index in [4.69, 9.17) is 0 Å². The maximum atomic E-state index is 3.74. The zero-order chi connectivity index (χ0) is 4.99. The van der Waals surface area contributed by atoms with Crippen LogP contribution in [0.15, 0.2) is 12.2 Å². The summed E-state index contributed by atoms with van der Waals surface area (Å²) in [6, 6.07) is 0. The van der Waals surface area contributed by atoms with Crippen LogP contribution in [0.2, 0.25) is 0 Å². The van der Waals surface area contributed by atoms with Gasteiger partial charge in [0, 0.05) is 0 Å². The zero-order valence-corrected chi connectivity index (χ0v) is 4.62. The van der Waals surface area contributed by atoms with Crippen LogP contribution in [0.3, 0.4) is 0 Å². The molecule has 0 bridgehead atoms. The van der Waals surface area contributed by atoms with Crippen molar-refractivity contribution in [2.24, 2.45) is 0 Å². The molecule has 0 rings (SSSR count). The minimum atomic E-state index is 0. The van der Waals surface area contributed by atoms with Crippen LogP contribution in [-0.2, 0) is 0 Å². The van der Waals surface area contributed by atoms with Gasteiger partial charge in [0.15, 0.2) is 0 Å². The molecule has 0 fully saturated rings. The highest BCUT2D eigenvalue weighted by Crippen LogP contribution is 1.96. The summed E-state index contributed by atoms with van der Waals surface area (Å²) in [5.41, 5.74) is 1.29. The largest absolute Gasteiger partial charge is 0.100 e. The van der Waals surface area contributed by atoms with Gasteiger partial charge < -0.3 is 0 Å². The predicted octanol–water partition coefficient (Wildman–Crippen LogP) is 3.63. The molecular formula is C8H20. The molecule has 0 aliphatic heterocycles. The van der Waals surface area contributed by atoms with Crippen LogP contribution in [0.25, 0.3) is 0 Å². The first-order valence-electron chi connectivity index (χ1n) is 2.41. The van der Waals surface area contributed by atoms with Crippen molar-refractivity contribution in [1.82, 2.24) is 0 Å². The third-order valence-electron chi connectivity index (χ3n) is 0.677. The average molecular weight is 116 g/mol. The van der Waals surface area contributed by atoms with Crippen molar-refractivity contribution in [3.8, 4) is 0 Å². The molecule has 0 aromatic carbocycles. The van der Waals surface area contributed by atoms with Gasteiger partial charge >= 0.3 is 0 Å². The quantitative estimate of drug-likeness (QED) is 0.483. The fourth-order valence-corrected chi connectivity index (χ4v) is 0.427. The Kier molecular flexibility index (Phi) is 19.3. The van der Waals surface area contributed by atoms with Gasteiger partial charge in [-0.1, -0.05) is 33.8 Å². The van der Waals surface area contributed by atoms with Crippen molar-refractivity contribution in [1.29, 1.82) is 0 Å². The molecule has 0 aliphatic carbocycles. The number of hydrogen-bond donors (Lipinski definition) is 0. The molecule has 0 saturated heterocycles. The van der Waals surface area contributed by atoms with Gasteiger partial charge in [-0.2, -0.15) is 0 Å². The highest BCUT2D eigenvalue weighted by Gasteiger charge is 1.76. The van der Waals surface area contributed by atoms with Crippen molar-refractivity contribution in [2.45, 2.75) is 41.5 Å². The fraction of sp³-hybridized carbons (Fsp3) is 0.750. The Labute approximate surface area is 54.6 Å². The summed E-state index contributed by atoms with van der Waals surface area (Å²) in [6.07, 6.45) is 2.41. The van der Waals surface area contributed by atoms with Crippen molar-refractivity contribution < 1.29 is 0 Å². The maximum absolute atomic E-state index is 3.74. The Morgan fingerprint density at radius 1 is 1.38 bits per heavy atom. The molecule has 0 aromatic heterocycles. The minimum absolute atomic E-state index is 0. The Bertz CT molecular complexity index is 44.0. The van der Waals surface area contributed by atoms with Crippen molar-refractivity contribution in [3.05, 3.63) is 12.2 Å². The van der Waals surface area contributed by atoms with Crippen molar-refractivity contribution in [2.75, 3.05) is 0 Å². The normalized spacial score (nSPS) is 6.25. The lowest BCUT2D eigenvalue weighted by atomic mass is 10.2. The monoisotopic (exact) mass is 116 g/mol. The second kappa shape index (κ2) is 9.88. The lowest BCUT2D eigenvalue weighted by Crippen LogP contribution is -1.66. The molecule has 0 aliphatic rings. The van der Waals surface area contributed by atoms with Gasteiger partial charge in [0.05, 0.1) is 0 Å². The van der Waals surface area contributed by atoms with E-state index in [1.165, 1.54) is 18.4 Å². The van der Waals surface area contributed by atoms with Gasteiger partial charge in [-0.25, -0.2) is 0 Å². The second-order valence-electron chi connectivity index (χ2n) is 1.71. The van der Waals surface area contributed by atoms with Gasteiger partial charge in [0.1, 0.15) is 0 Å². The summed E-state index contributed by atoms with van der Waals surface area (Å²) >= 11 is 0. The first kappa shape index (κ1) is 15.6. The molecule has 0 amide bonds. The molecule has 0 nitrogen and oxygen atoms in total. The van der Waals surface area contributed by atoms with Crippen LogP contribution in [0, 0.1) is 0 Å². The van der Waals surface area contributed by atoms with E-state index in [9.17, 15) is 0 Å².